The first-order chi connectivity index (χ1) is 14.1. The molecule has 10 nitrogen and oxygen atoms in total. The third-order valence-electron chi connectivity index (χ3n) is 5.53. The standard InChI is InChI=1S/C19H25N5O5S/c1-24(30(2,28)29)18-13-4-3-9-21-14(13)16(25)15(23-18)19(27)22-10-11-5-7-12(8-6-11)17(20)26/h3-4,9,11-12,25H,5-8,10H2,1-2H3,(H2,20,26)(H,22,27). The van der Waals surface area contributed by atoms with Crippen molar-refractivity contribution in [3.05, 3.63) is 24.0 Å². The summed E-state index contributed by atoms with van der Waals surface area (Å²) in [6, 6.07) is 3.16. The van der Waals surface area contributed by atoms with Crippen molar-refractivity contribution in [2.45, 2.75) is 25.7 Å². The quantitative estimate of drug-likeness (QED) is 0.604. The Bertz CT molecular complexity index is 1080. The number of rotatable bonds is 6. The van der Waals surface area contributed by atoms with Crippen LogP contribution in [-0.4, -0.2) is 55.2 Å². The molecular formula is C19H25N5O5S. The molecule has 1 aliphatic rings. The number of aromatic hydroxyl groups is 1. The lowest BCUT2D eigenvalue weighted by Crippen LogP contribution is -2.34. The van der Waals surface area contributed by atoms with Crippen molar-refractivity contribution in [2.75, 3.05) is 24.2 Å². The summed E-state index contributed by atoms with van der Waals surface area (Å²) >= 11 is 0. The maximum absolute atomic E-state index is 12.7. The van der Waals surface area contributed by atoms with Gasteiger partial charge in [-0.15, -0.1) is 0 Å². The number of nitrogens with two attached hydrogens (primary N) is 1. The fourth-order valence-corrected chi connectivity index (χ4v) is 4.09. The van der Waals surface area contributed by atoms with E-state index in [0.29, 0.717) is 24.8 Å². The maximum Gasteiger partial charge on any atom is 0.273 e. The van der Waals surface area contributed by atoms with Crippen molar-refractivity contribution < 1.29 is 23.1 Å². The maximum atomic E-state index is 12.7. The van der Waals surface area contributed by atoms with Crippen molar-refractivity contribution in [1.82, 2.24) is 15.3 Å². The van der Waals surface area contributed by atoms with E-state index in [4.69, 9.17) is 5.73 Å². The fraction of sp³-hybridized carbons (Fsp3) is 0.474. The topological polar surface area (TPSA) is 156 Å². The summed E-state index contributed by atoms with van der Waals surface area (Å²) in [7, 11) is -2.33. The van der Waals surface area contributed by atoms with Gasteiger partial charge >= 0.3 is 0 Å². The number of amides is 2. The number of aromatic nitrogens is 2. The summed E-state index contributed by atoms with van der Waals surface area (Å²) in [4.78, 5) is 32.3. The Kier molecular flexibility index (Phi) is 6.11. The van der Waals surface area contributed by atoms with Crippen molar-refractivity contribution in [1.29, 1.82) is 0 Å². The van der Waals surface area contributed by atoms with Crippen molar-refractivity contribution in [3.63, 3.8) is 0 Å². The SMILES string of the molecule is CN(c1nc(C(=O)NCC2CCC(C(N)=O)CC2)c(O)c2ncccc12)S(C)(=O)=O. The van der Waals surface area contributed by atoms with Gasteiger partial charge in [0.25, 0.3) is 5.91 Å². The van der Waals surface area contributed by atoms with Crippen LogP contribution in [0.1, 0.15) is 36.2 Å². The van der Waals surface area contributed by atoms with Crippen LogP contribution in [0.25, 0.3) is 10.9 Å². The van der Waals surface area contributed by atoms with Gasteiger partial charge in [-0.2, -0.15) is 0 Å². The van der Waals surface area contributed by atoms with Crippen LogP contribution >= 0.6 is 0 Å². The van der Waals surface area contributed by atoms with Crippen LogP contribution in [0.15, 0.2) is 18.3 Å². The van der Waals surface area contributed by atoms with E-state index in [9.17, 15) is 23.1 Å². The van der Waals surface area contributed by atoms with Crippen LogP contribution in [-0.2, 0) is 14.8 Å². The molecule has 30 heavy (non-hydrogen) atoms. The highest BCUT2D eigenvalue weighted by Crippen LogP contribution is 2.33. The van der Waals surface area contributed by atoms with Gasteiger partial charge in [0.1, 0.15) is 5.52 Å². The van der Waals surface area contributed by atoms with E-state index in [2.05, 4.69) is 15.3 Å². The lowest BCUT2D eigenvalue weighted by atomic mass is 9.81. The molecule has 0 aromatic carbocycles. The first kappa shape index (κ1) is 21.8. The Hall–Kier alpha value is -2.95. The van der Waals surface area contributed by atoms with Gasteiger partial charge in [0.05, 0.1) is 6.26 Å². The third-order valence-corrected chi connectivity index (χ3v) is 6.69. The van der Waals surface area contributed by atoms with Gasteiger partial charge in [-0.1, -0.05) is 0 Å². The van der Waals surface area contributed by atoms with Crippen LogP contribution < -0.4 is 15.4 Å². The number of nitrogens with zero attached hydrogens (tertiary/aromatic N) is 3. The van der Waals surface area contributed by atoms with E-state index >= 15 is 0 Å². The van der Waals surface area contributed by atoms with Crippen LogP contribution in [0.5, 0.6) is 5.75 Å². The van der Waals surface area contributed by atoms with Crippen LogP contribution in [0.2, 0.25) is 0 Å². The second kappa shape index (κ2) is 8.42. The van der Waals surface area contributed by atoms with Gasteiger partial charge < -0.3 is 16.2 Å². The number of pyridine rings is 2. The third kappa shape index (κ3) is 4.45. The first-order valence-electron chi connectivity index (χ1n) is 9.58. The number of primary amides is 1. The zero-order valence-electron chi connectivity index (χ0n) is 16.8. The van der Waals surface area contributed by atoms with Crippen molar-refractivity contribution in [3.8, 4) is 5.75 Å². The number of carbonyl (C=O) groups is 2. The lowest BCUT2D eigenvalue weighted by Gasteiger charge is -2.26. The number of anilines is 1. The van der Waals surface area contributed by atoms with E-state index < -0.39 is 21.7 Å². The molecule has 0 unspecified atom stereocenters. The molecule has 11 heteroatoms. The van der Waals surface area contributed by atoms with E-state index in [-0.39, 0.29) is 34.8 Å². The van der Waals surface area contributed by atoms with Crippen molar-refractivity contribution >= 4 is 38.6 Å². The van der Waals surface area contributed by atoms with Gasteiger partial charge in [-0.25, -0.2) is 13.4 Å². The predicted molar refractivity (Wildman–Crippen MR) is 111 cm³/mol. The molecule has 0 atom stereocenters. The summed E-state index contributed by atoms with van der Waals surface area (Å²) in [5, 5.41) is 13.6. The number of nitrogens with one attached hydrogen (secondary N) is 1. The minimum Gasteiger partial charge on any atom is -0.504 e. The van der Waals surface area contributed by atoms with Gasteiger partial charge in [0.2, 0.25) is 15.9 Å². The molecule has 0 saturated heterocycles. The zero-order chi connectivity index (χ0) is 22.1. The molecule has 2 aromatic heterocycles. The van der Waals surface area contributed by atoms with Crippen molar-refractivity contribution in [2.24, 2.45) is 17.6 Å². The monoisotopic (exact) mass is 435 g/mol. The lowest BCUT2D eigenvalue weighted by molar-refractivity contribution is -0.122. The Balaban J connectivity index is 1.84. The predicted octanol–water partition coefficient (Wildman–Crippen LogP) is 0.753. The van der Waals surface area contributed by atoms with Gasteiger partial charge in [-0.3, -0.25) is 18.9 Å². The average molecular weight is 436 g/mol. The van der Waals surface area contributed by atoms with E-state index in [1.165, 1.54) is 13.2 Å². The summed E-state index contributed by atoms with van der Waals surface area (Å²) in [5.41, 5.74) is 5.14. The Morgan fingerprint density at radius 3 is 2.57 bits per heavy atom. The molecule has 162 valence electrons. The highest BCUT2D eigenvalue weighted by atomic mass is 32.2. The highest BCUT2D eigenvalue weighted by molar-refractivity contribution is 7.92. The molecule has 1 saturated carbocycles. The fourth-order valence-electron chi connectivity index (χ4n) is 3.63. The van der Waals surface area contributed by atoms with Gasteiger partial charge in [-0.05, 0) is 43.7 Å². The molecule has 3 rings (SSSR count). The molecule has 2 heterocycles. The Labute approximate surface area is 174 Å². The van der Waals surface area contributed by atoms with Gasteiger partial charge in [0, 0.05) is 31.1 Å². The second-order valence-corrected chi connectivity index (χ2v) is 9.61. The zero-order valence-corrected chi connectivity index (χ0v) is 17.6. The first-order valence-corrected chi connectivity index (χ1v) is 11.4. The number of carbonyl (C=O) groups excluding carboxylic acids is 2. The smallest absolute Gasteiger partial charge is 0.273 e. The van der Waals surface area contributed by atoms with Crippen LogP contribution in [0, 0.1) is 11.8 Å². The van der Waals surface area contributed by atoms with Crippen LogP contribution in [0.4, 0.5) is 5.82 Å². The Morgan fingerprint density at radius 2 is 1.97 bits per heavy atom. The van der Waals surface area contributed by atoms with Crippen LogP contribution in [0.3, 0.4) is 0 Å². The van der Waals surface area contributed by atoms with E-state index in [1.807, 2.05) is 0 Å². The summed E-state index contributed by atoms with van der Waals surface area (Å²) in [5.74, 6) is -1.26. The Morgan fingerprint density at radius 1 is 1.30 bits per heavy atom. The molecule has 1 fully saturated rings. The summed E-state index contributed by atoms with van der Waals surface area (Å²) < 4.78 is 25.0. The minimum absolute atomic E-state index is 0.00511. The molecule has 2 aromatic rings. The van der Waals surface area contributed by atoms with E-state index in [1.54, 1.807) is 12.1 Å². The van der Waals surface area contributed by atoms with Gasteiger partial charge in [0.15, 0.2) is 17.3 Å². The number of hydrogen-bond donors (Lipinski definition) is 3. The second-order valence-electron chi connectivity index (χ2n) is 7.59. The molecule has 2 amide bonds. The molecule has 4 N–H and O–H groups in total. The van der Waals surface area contributed by atoms with E-state index in [0.717, 1.165) is 23.4 Å². The molecule has 0 bridgehead atoms. The molecule has 0 aliphatic heterocycles. The minimum atomic E-state index is -3.65. The largest absolute Gasteiger partial charge is 0.504 e. The average Bonchev–Trinajstić information content (AvgIpc) is 2.71. The number of sulfonamides is 1. The number of fused-ring (bicyclic) bond motifs is 1. The molecule has 0 radical (unpaired) electrons. The summed E-state index contributed by atoms with van der Waals surface area (Å²) in [6.45, 7) is 0.350. The highest BCUT2D eigenvalue weighted by Gasteiger charge is 2.27. The number of hydrogen-bond acceptors (Lipinski definition) is 7. The molecule has 0 spiro atoms. The molecular weight excluding hydrogens is 410 g/mol. The summed E-state index contributed by atoms with van der Waals surface area (Å²) in [6.07, 6.45) is 5.34. The normalized spacial score (nSPS) is 19.4. The molecule has 1 aliphatic carbocycles.